The Bertz CT molecular complexity index is 540. The summed E-state index contributed by atoms with van der Waals surface area (Å²) in [4.78, 5) is 23.1. The summed E-state index contributed by atoms with van der Waals surface area (Å²) in [7, 11) is 0. The molecule has 1 fully saturated rings. The highest BCUT2D eigenvalue weighted by Crippen LogP contribution is 2.44. The fourth-order valence-corrected chi connectivity index (χ4v) is 2.74. The van der Waals surface area contributed by atoms with Gasteiger partial charge in [-0.2, -0.15) is 0 Å². The SMILES string of the molecule is CC(CCC(=O)O)NC(=O)C1(c2cccc(F)c2)CCC1. The highest BCUT2D eigenvalue weighted by molar-refractivity contribution is 5.89. The Balaban J connectivity index is 2.06. The minimum absolute atomic E-state index is 0.0222. The Morgan fingerprint density at radius 1 is 1.43 bits per heavy atom. The number of benzene rings is 1. The lowest BCUT2D eigenvalue weighted by Gasteiger charge is -2.41. The van der Waals surface area contributed by atoms with E-state index in [0.717, 1.165) is 6.42 Å². The summed E-state index contributed by atoms with van der Waals surface area (Å²) in [6, 6.07) is 5.97. The molecule has 2 rings (SSSR count). The van der Waals surface area contributed by atoms with E-state index in [0.29, 0.717) is 24.8 Å². The number of amides is 1. The molecule has 4 nitrogen and oxygen atoms in total. The Morgan fingerprint density at radius 3 is 2.67 bits per heavy atom. The van der Waals surface area contributed by atoms with E-state index >= 15 is 0 Å². The van der Waals surface area contributed by atoms with Gasteiger partial charge >= 0.3 is 5.97 Å². The molecular formula is C16H20FNO3. The number of nitrogens with one attached hydrogen (secondary N) is 1. The third-order valence-corrected chi connectivity index (χ3v) is 4.19. The van der Waals surface area contributed by atoms with Crippen molar-refractivity contribution in [2.75, 3.05) is 0 Å². The Kier molecular flexibility index (Phi) is 4.60. The van der Waals surface area contributed by atoms with Crippen molar-refractivity contribution < 1.29 is 19.1 Å². The molecular weight excluding hydrogens is 273 g/mol. The molecule has 0 spiro atoms. The van der Waals surface area contributed by atoms with E-state index in [1.807, 2.05) is 0 Å². The lowest BCUT2D eigenvalue weighted by molar-refractivity contribution is -0.137. The van der Waals surface area contributed by atoms with Crippen LogP contribution in [0.1, 0.15) is 44.6 Å². The van der Waals surface area contributed by atoms with Crippen molar-refractivity contribution >= 4 is 11.9 Å². The van der Waals surface area contributed by atoms with Crippen LogP contribution in [-0.4, -0.2) is 23.0 Å². The largest absolute Gasteiger partial charge is 0.481 e. The molecule has 2 N–H and O–H groups in total. The standard InChI is InChI=1S/C16H20FNO3/c1-11(6-7-14(19)20)18-15(21)16(8-3-9-16)12-4-2-5-13(17)10-12/h2,4-5,10-11H,3,6-9H2,1H3,(H,18,21)(H,19,20). The van der Waals surface area contributed by atoms with E-state index < -0.39 is 11.4 Å². The number of rotatable bonds is 6. The number of carbonyl (C=O) groups is 2. The zero-order valence-electron chi connectivity index (χ0n) is 12.1. The van der Waals surface area contributed by atoms with Crippen LogP contribution in [0.2, 0.25) is 0 Å². The molecule has 1 aromatic carbocycles. The van der Waals surface area contributed by atoms with Crippen molar-refractivity contribution in [2.24, 2.45) is 0 Å². The normalized spacial score (nSPS) is 17.6. The molecule has 5 heteroatoms. The molecule has 1 atom stereocenters. The van der Waals surface area contributed by atoms with Gasteiger partial charge in [-0.05, 0) is 43.9 Å². The van der Waals surface area contributed by atoms with Crippen molar-refractivity contribution in [2.45, 2.75) is 50.5 Å². The van der Waals surface area contributed by atoms with E-state index in [1.54, 1.807) is 19.1 Å². The van der Waals surface area contributed by atoms with Gasteiger partial charge in [0.1, 0.15) is 5.82 Å². The zero-order valence-corrected chi connectivity index (χ0v) is 12.1. The maximum absolute atomic E-state index is 13.4. The topological polar surface area (TPSA) is 66.4 Å². The highest BCUT2D eigenvalue weighted by atomic mass is 19.1. The predicted molar refractivity (Wildman–Crippen MR) is 76.4 cm³/mol. The third kappa shape index (κ3) is 3.40. The van der Waals surface area contributed by atoms with Crippen LogP contribution >= 0.6 is 0 Å². The molecule has 21 heavy (non-hydrogen) atoms. The van der Waals surface area contributed by atoms with Crippen molar-refractivity contribution in [1.29, 1.82) is 0 Å². The van der Waals surface area contributed by atoms with Gasteiger partial charge in [-0.3, -0.25) is 9.59 Å². The van der Waals surface area contributed by atoms with Gasteiger partial charge in [-0.1, -0.05) is 18.6 Å². The molecule has 0 heterocycles. The van der Waals surface area contributed by atoms with Crippen LogP contribution in [0, 0.1) is 5.82 Å². The zero-order chi connectivity index (χ0) is 15.5. The summed E-state index contributed by atoms with van der Waals surface area (Å²) in [5.74, 6) is -1.35. The maximum atomic E-state index is 13.4. The first-order valence-corrected chi connectivity index (χ1v) is 7.23. The summed E-state index contributed by atoms with van der Waals surface area (Å²) in [6.45, 7) is 1.79. The minimum Gasteiger partial charge on any atom is -0.481 e. The number of carboxylic acid groups (broad SMARTS) is 1. The van der Waals surface area contributed by atoms with Crippen LogP contribution in [0.4, 0.5) is 4.39 Å². The number of carboxylic acids is 1. The summed E-state index contributed by atoms with van der Waals surface area (Å²) >= 11 is 0. The fraction of sp³-hybridized carbons (Fsp3) is 0.500. The second kappa shape index (κ2) is 6.24. The fourth-order valence-electron chi connectivity index (χ4n) is 2.74. The van der Waals surface area contributed by atoms with Crippen molar-refractivity contribution in [3.8, 4) is 0 Å². The molecule has 0 aromatic heterocycles. The van der Waals surface area contributed by atoms with Gasteiger partial charge in [0.2, 0.25) is 5.91 Å². The van der Waals surface area contributed by atoms with Gasteiger partial charge in [-0.25, -0.2) is 4.39 Å². The van der Waals surface area contributed by atoms with Crippen LogP contribution in [0.3, 0.4) is 0 Å². The smallest absolute Gasteiger partial charge is 0.303 e. The van der Waals surface area contributed by atoms with Gasteiger partial charge in [-0.15, -0.1) is 0 Å². The quantitative estimate of drug-likeness (QED) is 0.847. The van der Waals surface area contributed by atoms with E-state index in [1.165, 1.54) is 12.1 Å². The molecule has 0 bridgehead atoms. The lowest BCUT2D eigenvalue weighted by atomic mass is 9.63. The number of hydrogen-bond donors (Lipinski definition) is 2. The monoisotopic (exact) mass is 293 g/mol. The summed E-state index contributed by atoms with van der Waals surface area (Å²) in [5.41, 5.74) is 0.0521. The summed E-state index contributed by atoms with van der Waals surface area (Å²) in [6.07, 6.45) is 2.75. The first kappa shape index (κ1) is 15.5. The first-order chi connectivity index (χ1) is 9.94. The van der Waals surface area contributed by atoms with Gasteiger partial charge < -0.3 is 10.4 Å². The minimum atomic E-state index is -0.875. The van der Waals surface area contributed by atoms with Crippen molar-refractivity contribution in [3.05, 3.63) is 35.6 Å². The molecule has 1 aromatic rings. The predicted octanol–water partition coefficient (Wildman–Crippen LogP) is 2.62. The average Bonchev–Trinajstić information content (AvgIpc) is 2.35. The van der Waals surface area contributed by atoms with Gasteiger partial charge in [0, 0.05) is 12.5 Å². The molecule has 1 unspecified atom stereocenters. The first-order valence-electron chi connectivity index (χ1n) is 7.23. The van der Waals surface area contributed by atoms with Crippen LogP contribution < -0.4 is 5.32 Å². The number of hydrogen-bond acceptors (Lipinski definition) is 2. The molecule has 1 aliphatic rings. The van der Waals surface area contributed by atoms with Gasteiger partial charge in [0.15, 0.2) is 0 Å². The molecule has 114 valence electrons. The van der Waals surface area contributed by atoms with Crippen LogP contribution in [0.5, 0.6) is 0 Å². The Hall–Kier alpha value is -1.91. The molecule has 0 saturated heterocycles. The Labute approximate surface area is 123 Å². The van der Waals surface area contributed by atoms with Gasteiger partial charge in [0.05, 0.1) is 5.41 Å². The van der Waals surface area contributed by atoms with Crippen LogP contribution in [0.15, 0.2) is 24.3 Å². The van der Waals surface area contributed by atoms with Crippen molar-refractivity contribution in [1.82, 2.24) is 5.32 Å². The number of halogens is 1. The van der Waals surface area contributed by atoms with E-state index in [4.69, 9.17) is 5.11 Å². The lowest BCUT2D eigenvalue weighted by Crippen LogP contribution is -2.51. The van der Waals surface area contributed by atoms with E-state index in [9.17, 15) is 14.0 Å². The maximum Gasteiger partial charge on any atom is 0.303 e. The third-order valence-electron chi connectivity index (χ3n) is 4.19. The van der Waals surface area contributed by atoms with E-state index in [-0.39, 0.29) is 24.2 Å². The second-order valence-corrected chi connectivity index (χ2v) is 5.75. The molecule has 1 amide bonds. The summed E-state index contributed by atoms with van der Waals surface area (Å²) < 4.78 is 13.4. The number of aliphatic carboxylic acids is 1. The highest BCUT2D eigenvalue weighted by Gasteiger charge is 2.45. The van der Waals surface area contributed by atoms with E-state index in [2.05, 4.69) is 5.32 Å². The van der Waals surface area contributed by atoms with Crippen LogP contribution in [0.25, 0.3) is 0 Å². The molecule has 0 radical (unpaired) electrons. The molecule has 1 aliphatic carbocycles. The number of carbonyl (C=O) groups excluding carboxylic acids is 1. The van der Waals surface area contributed by atoms with Crippen LogP contribution in [-0.2, 0) is 15.0 Å². The molecule has 1 saturated carbocycles. The second-order valence-electron chi connectivity index (χ2n) is 5.75. The van der Waals surface area contributed by atoms with Crippen molar-refractivity contribution in [3.63, 3.8) is 0 Å². The van der Waals surface area contributed by atoms with Gasteiger partial charge in [0.25, 0.3) is 0 Å². The summed E-state index contributed by atoms with van der Waals surface area (Å²) in [5, 5.41) is 11.5. The molecule has 0 aliphatic heterocycles. The Morgan fingerprint density at radius 2 is 2.14 bits per heavy atom. The average molecular weight is 293 g/mol.